The van der Waals surface area contributed by atoms with Crippen LogP contribution in [0.4, 0.5) is 0 Å². The van der Waals surface area contributed by atoms with Crippen LogP contribution in [0, 0.1) is 0 Å². The first-order valence-electron chi connectivity index (χ1n) is 7.25. The zero-order chi connectivity index (χ0) is 14.7. The Hall–Kier alpha value is 0.110. The van der Waals surface area contributed by atoms with Crippen LogP contribution >= 0.6 is 11.8 Å². The van der Waals surface area contributed by atoms with Crippen LogP contribution in [-0.4, -0.2) is 84.4 Å². The van der Waals surface area contributed by atoms with E-state index < -0.39 is 0 Å². The van der Waals surface area contributed by atoms with E-state index in [9.17, 15) is 0 Å². The van der Waals surface area contributed by atoms with Crippen LogP contribution in [0.3, 0.4) is 0 Å². The van der Waals surface area contributed by atoms with Crippen molar-refractivity contribution in [3.8, 4) is 0 Å². The molecule has 0 aromatic rings. The highest BCUT2D eigenvalue weighted by atomic mass is 32.2. The molecule has 0 spiro atoms. The molecule has 0 fully saturated rings. The van der Waals surface area contributed by atoms with Gasteiger partial charge in [0.05, 0.1) is 39.6 Å². The van der Waals surface area contributed by atoms with Gasteiger partial charge in [-0.2, -0.15) is 11.8 Å². The van der Waals surface area contributed by atoms with Gasteiger partial charge in [-0.15, -0.1) is 0 Å². The molecule has 0 saturated heterocycles. The lowest BCUT2D eigenvalue weighted by atomic mass is 10.6. The minimum Gasteiger partial charge on any atom is -0.379 e. The van der Waals surface area contributed by atoms with Gasteiger partial charge in [-0.1, -0.05) is 0 Å². The Bertz CT molecular complexity index is 161. The monoisotopic (exact) mass is 309 g/mol. The highest BCUT2D eigenvalue weighted by molar-refractivity contribution is 7.98. The fourth-order valence-electron chi connectivity index (χ4n) is 1.36. The number of hydrogen-bond acceptors (Lipinski definition) is 7. The third-order valence-corrected chi connectivity index (χ3v) is 3.00. The number of thioether (sulfide) groups is 1. The minimum absolute atomic E-state index is 0.564. The topological polar surface area (TPSA) is 77.8 Å². The third-order valence-electron chi connectivity index (χ3n) is 2.39. The molecule has 0 rings (SSSR count). The Morgan fingerprint density at radius 1 is 0.750 bits per heavy atom. The van der Waals surface area contributed by atoms with Crippen LogP contribution < -0.4 is 16.4 Å². The predicted octanol–water partition coefficient (Wildman–Crippen LogP) is -0.463. The summed E-state index contributed by atoms with van der Waals surface area (Å²) < 4.78 is 16.1. The van der Waals surface area contributed by atoms with E-state index in [-0.39, 0.29) is 0 Å². The van der Waals surface area contributed by atoms with Crippen molar-refractivity contribution in [1.29, 1.82) is 0 Å². The van der Waals surface area contributed by atoms with Gasteiger partial charge in [0.1, 0.15) is 0 Å². The summed E-state index contributed by atoms with van der Waals surface area (Å²) in [6, 6.07) is 0. The van der Waals surface area contributed by atoms with Crippen LogP contribution in [0.15, 0.2) is 0 Å². The second kappa shape index (κ2) is 19.1. The molecule has 20 heavy (non-hydrogen) atoms. The molecule has 0 aromatic carbocycles. The smallest absolute Gasteiger partial charge is 0.0701 e. The first-order chi connectivity index (χ1) is 9.91. The van der Waals surface area contributed by atoms with Crippen molar-refractivity contribution in [1.82, 2.24) is 10.6 Å². The molecule has 122 valence electrons. The maximum Gasteiger partial charge on any atom is 0.0701 e. The Morgan fingerprint density at radius 3 is 1.80 bits per heavy atom. The quantitative estimate of drug-likeness (QED) is 0.314. The number of ether oxygens (including phenoxy) is 3. The normalized spacial score (nSPS) is 11.1. The highest BCUT2D eigenvalue weighted by Gasteiger charge is 1.92. The number of hydrogen-bond donors (Lipinski definition) is 3. The molecular weight excluding hydrogens is 278 g/mol. The average molecular weight is 309 g/mol. The van der Waals surface area contributed by atoms with Crippen molar-refractivity contribution in [3.05, 3.63) is 0 Å². The van der Waals surface area contributed by atoms with Crippen LogP contribution in [0.1, 0.15) is 0 Å². The second-order valence-corrected chi connectivity index (χ2v) is 5.10. The summed E-state index contributed by atoms with van der Waals surface area (Å²) in [5, 5.41) is 6.58. The van der Waals surface area contributed by atoms with E-state index >= 15 is 0 Å². The predicted molar refractivity (Wildman–Crippen MR) is 85.6 cm³/mol. The van der Waals surface area contributed by atoms with Crippen molar-refractivity contribution in [2.45, 2.75) is 0 Å². The molecule has 4 N–H and O–H groups in total. The van der Waals surface area contributed by atoms with Gasteiger partial charge < -0.3 is 30.6 Å². The number of nitrogens with one attached hydrogen (secondary N) is 2. The summed E-state index contributed by atoms with van der Waals surface area (Å²) in [5.41, 5.74) is 5.30. The fraction of sp³-hybridized carbons (Fsp3) is 1.00. The van der Waals surface area contributed by atoms with Crippen molar-refractivity contribution in [2.75, 3.05) is 84.4 Å². The van der Waals surface area contributed by atoms with Crippen molar-refractivity contribution in [2.24, 2.45) is 5.73 Å². The van der Waals surface area contributed by atoms with E-state index in [1.807, 2.05) is 11.8 Å². The summed E-state index contributed by atoms with van der Waals surface area (Å²) in [6.07, 6.45) is 2.11. The van der Waals surface area contributed by atoms with E-state index in [0.717, 1.165) is 45.1 Å². The maximum atomic E-state index is 5.48. The van der Waals surface area contributed by atoms with E-state index in [4.69, 9.17) is 19.9 Å². The van der Waals surface area contributed by atoms with Gasteiger partial charge in [0, 0.05) is 38.5 Å². The van der Waals surface area contributed by atoms with Gasteiger partial charge in [-0.25, -0.2) is 0 Å². The van der Waals surface area contributed by atoms with Crippen molar-refractivity contribution in [3.63, 3.8) is 0 Å². The SMILES string of the molecule is CSCCNCCOCCNCCOCCOCCN. The van der Waals surface area contributed by atoms with Crippen LogP contribution in [0.25, 0.3) is 0 Å². The molecule has 0 atom stereocenters. The molecule has 0 heterocycles. The van der Waals surface area contributed by atoms with Gasteiger partial charge in [-0.3, -0.25) is 0 Å². The standard InChI is InChI=1S/C13H31N3O3S/c1-20-13-6-16-5-9-18-8-3-15-4-10-19-12-11-17-7-2-14/h15-16H,2-14H2,1H3. The molecule has 0 aliphatic rings. The molecule has 0 radical (unpaired) electrons. The average Bonchev–Trinajstić information content (AvgIpc) is 2.47. The summed E-state index contributed by atoms with van der Waals surface area (Å²) in [5.74, 6) is 1.15. The van der Waals surface area contributed by atoms with Gasteiger partial charge in [0.2, 0.25) is 0 Å². The first-order valence-corrected chi connectivity index (χ1v) is 8.65. The van der Waals surface area contributed by atoms with Gasteiger partial charge in [0.15, 0.2) is 0 Å². The van der Waals surface area contributed by atoms with Gasteiger partial charge >= 0.3 is 0 Å². The minimum atomic E-state index is 0.564. The summed E-state index contributed by atoms with van der Waals surface area (Å²) in [7, 11) is 0. The summed E-state index contributed by atoms with van der Waals surface area (Å²) in [4.78, 5) is 0. The second-order valence-electron chi connectivity index (χ2n) is 4.12. The zero-order valence-electron chi connectivity index (χ0n) is 12.7. The largest absolute Gasteiger partial charge is 0.379 e. The van der Waals surface area contributed by atoms with Crippen LogP contribution in [-0.2, 0) is 14.2 Å². The van der Waals surface area contributed by atoms with E-state index in [0.29, 0.717) is 33.0 Å². The first kappa shape index (κ1) is 20.1. The van der Waals surface area contributed by atoms with Crippen LogP contribution in [0.2, 0.25) is 0 Å². The Morgan fingerprint density at radius 2 is 1.25 bits per heavy atom. The highest BCUT2D eigenvalue weighted by Crippen LogP contribution is 1.86. The molecule has 0 aliphatic heterocycles. The fourth-order valence-corrected chi connectivity index (χ4v) is 1.71. The third kappa shape index (κ3) is 18.1. The molecular formula is C13H31N3O3S. The van der Waals surface area contributed by atoms with Crippen LogP contribution in [0.5, 0.6) is 0 Å². The molecule has 0 unspecified atom stereocenters. The Labute approximate surface area is 127 Å². The van der Waals surface area contributed by atoms with Crippen molar-refractivity contribution >= 4 is 11.8 Å². The lowest BCUT2D eigenvalue weighted by Gasteiger charge is -2.08. The molecule has 7 heteroatoms. The molecule has 0 bridgehead atoms. The molecule has 0 amide bonds. The Balaban J connectivity index is 2.89. The summed E-state index contributed by atoms with van der Waals surface area (Å²) in [6.45, 7) is 8.28. The Kier molecular flexibility index (Phi) is 19.2. The van der Waals surface area contributed by atoms with E-state index in [1.165, 1.54) is 0 Å². The number of nitrogens with two attached hydrogens (primary N) is 1. The molecule has 0 aliphatic carbocycles. The van der Waals surface area contributed by atoms with Gasteiger partial charge in [0.25, 0.3) is 0 Å². The van der Waals surface area contributed by atoms with Crippen molar-refractivity contribution < 1.29 is 14.2 Å². The zero-order valence-corrected chi connectivity index (χ0v) is 13.5. The molecule has 0 aromatic heterocycles. The van der Waals surface area contributed by atoms with E-state index in [2.05, 4.69) is 16.9 Å². The summed E-state index contributed by atoms with van der Waals surface area (Å²) >= 11 is 1.85. The number of rotatable bonds is 17. The molecule has 6 nitrogen and oxygen atoms in total. The van der Waals surface area contributed by atoms with E-state index in [1.54, 1.807) is 0 Å². The lowest BCUT2D eigenvalue weighted by Crippen LogP contribution is -2.27. The van der Waals surface area contributed by atoms with Gasteiger partial charge in [-0.05, 0) is 6.26 Å². The molecule has 0 saturated carbocycles. The maximum absolute atomic E-state index is 5.48. The lowest BCUT2D eigenvalue weighted by molar-refractivity contribution is 0.0511.